The van der Waals surface area contributed by atoms with Crippen LogP contribution < -0.4 is 5.32 Å². The molecule has 1 aromatic rings. The number of nitrogens with zero attached hydrogens (tertiary/aromatic N) is 3. The van der Waals surface area contributed by atoms with E-state index < -0.39 is 0 Å². The van der Waals surface area contributed by atoms with Crippen molar-refractivity contribution in [3.63, 3.8) is 0 Å². The molecule has 0 atom stereocenters. The van der Waals surface area contributed by atoms with Gasteiger partial charge in [-0.15, -0.1) is 10.2 Å². The molecule has 0 bridgehead atoms. The maximum absolute atomic E-state index is 5.69. The monoisotopic (exact) mass is 234 g/mol. The van der Waals surface area contributed by atoms with E-state index in [4.69, 9.17) is 23.2 Å². The van der Waals surface area contributed by atoms with E-state index in [1.165, 1.54) is 5.54 Å². The van der Waals surface area contributed by atoms with Gasteiger partial charge in [0.05, 0.1) is 0 Å². The number of hydrogen-bond donors (Lipinski definition) is 1. The summed E-state index contributed by atoms with van der Waals surface area (Å²) in [7, 11) is 1.92. The van der Waals surface area contributed by atoms with Crippen LogP contribution in [0.15, 0.2) is 16.9 Å². The Morgan fingerprint density at radius 1 is 1.71 bits per heavy atom. The van der Waals surface area contributed by atoms with Crippen molar-refractivity contribution in [3.05, 3.63) is 22.7 Å². The molecule has 0 spiro atoms. The molecule has 0 saturated carbocycles. The Labute approximate surface area is 92.9 Å². The van der Waals surface area contributed by atoms with Gasteiger partial charge in [0, 0.05) is 37.1 Å². The predicted molar refractivity (Wildman–Crippen MR) is 57.4 cm³/mol. The standard InChI is InChI=1S/C8H12Cl2N4/c1-14-6-12-13-8(14)2-3-11-5-7(10)4-9/h4,6,11H,2-3,5H2,1H3. The van der Waals surface area contributed by atoms with Crippen LogP contribution in [0.3, 0.4) is 0 Å². The molecule has 0 radical (unpaired) electrons. The normalized spacial score (nSPS) is 12.1. The Balaban J connectivity index is 2.20. The molecular formula is C8H12Cl2N4. The fourth-order valence-electron chi connectivity index (χ4n) is 0.980. The molecule has 1 N–H and O–H groups in total. The summed E-state index contributed by atoms with van der Waals surface area (Å²) in [5.74, 6) is 0.948. The fourth-order valence-corrected chi connectivity index (χ4v) is 1.15. The van der Waals surface area contributed by atoms with Gasteiger partial charge in [0.25, 0.3) is 0 Å². The van der Waals surface area contributed by atoms with Gasteiger partial charge < -0.3 is 9.88 Å². The topological polar surface area (TPSA) is 42.7 Å². The minimum Gasteiger partial charge on any atom is -0.321 e. The predicted octanol–water partition coefficient (Wildman–Crippen LogP) is 1.27. The van der Waals surface area contributed by atoms with Crippen LogP contribution in [-0.2, 0) is 13.5 Å². The lowest BCUT2D eigenvalue weighted by Crippen LogP contribution is -2.19. The van der Waals surface area contributed by atoms with Gasteiger partial charge in [-0.3, -0.25) is 0 Å². The molecule has 4 nitrogen and oxygen atoms in total. The van der Waals surface area contributed by atoms with Crippen LogP contribution in [0.1, 0.15) is 5.82 Å². The zero-order valence-electron chi connectivity index (χ0n) is 7.87. The lowest BCUT2D eigenvalue weighted by atomic mass is 10.4. The quantitative estimate of drug-likeness (QED) is 0.781. The van der Waals surface area contributed by atoms with Crippen molar-refractivity contribution in [2.24, 2.45) is 7.05 Å². The van der Waals surface area contributed by atoms with E-state index in [2.05, 4.69) is 15.5 Å². The van der Waals surface area contributed by atoms with E-state index >= 15 is 0 Å². The highest BCUT2D eigenvalue weighted by Gasteiger charge is 1.99. The first kappa shape index (κ1) is 11.5. The first-order valence-electron chi connectivity index (χ1n) is 4.22. The molecular weight excluding hydrogens is 223 g/mol. The van der Waals surface area contributed by atoms with Gasteiger partial charge in [-0.25, -0.2) is 0 Å². The second kappa shape index (κ2) is 6.01. The van der Waals surface area contributed by atoms with Crippen LogP contribution in [0.2, 0.25) is 0 Å². The number of rotatable bonds is 5. The average molecular weight is 235 g/mol. The van der Waals surface area contributed by atoms with E-state index in [1.54, 1.807) is 6.33 Å². The Morgan fingerprint density at radius 2 is 2.50 bits per heavy atom. The van der Waals surface area contributed by atoms with Crippen molar-refractivity contribution in [3.8, 4) is 0 Å². The fraction of sp³-hybridized carbons (Fsp3) is 0.500. The number of halogens is 2. The molecule has 0 aliphatic rings. The van der Waals surface area contributed by atoms with Gasteiger partial charge in [-0.05, 0) is 0 Å². The third kappa shape index (κ3) is 3.65. The van der Waals surface area contributed by atoms with Gasteiger partial charge >= 0.3 is 0 Å². The van der Waals surface area contributed by atoms with Crippen LogP contribution in [0, 0.1) is 0 Å². The first-order valence-corrected chi connectivity index (χ1v) is 5.04. The molecule has 78 valence electrons. The zero-order chi connectivity index (χ0) is 10.4. The van der Waals surface area contributed by atoms with Crippen molar-refractivity contribution in [2.75, 3.05) is 13.1 Å². The van der Waals surface area contributed by atoms with Crippen LogP contribution in [0.4, 0.5) is 0 Å². The molecule has 14 heavy (non-hydrogen) atoms. The average Bonchev–Trinajstić information content (AvgIpc) is 2.58. The molecule has 1 aromatic heterocycles. The lowest BCUT2D eigenvalue weighted by Gasteiger charge is -2.02. The SMILES string of the molecule is Cn1cnnc1CCNCC(Cl)=CCl. The van der Waals surface area contributed by atoms with Crippen molar-refractivity contribution in [2.45, 2.75) is 6.42 Å². The summed E-state index contributed by atoms with van der Waals surface area (Å²) < 4.78 is 1.89. The molecule has 0 saturated heterocycles. The summed E-state index contributed by atoms with van der Waals surface area (Å²) in [4.78, 5) is 0. The van der Waals surface area contributed by atoms with Crippen LogP contribution in [0.5, 0.6) is 0 Å². The van der Waals surface area contributed by atoms with Gasteiger partial charge in [-0.1, -0.05) is 23.2 Å². The Kier molecular flexibility index (Phi) is 4.93. The van der Waals surface area contributed by atoms with E-state index in [0.29, 0.717) is 11.6 Å². The second-order valence-electron chi connectivity index (χ2n) is 2.84. The molecule has 0 aliphatic carbocycles. The van der Waals surface area contributed by atoms with E-state index in [9.17, 15) is 0 Å². The maximum Gasteiger partial charge on any atom is 0.133 e. The molecule has 0 amide bonds. The van der Waals surface area contributed by atoms with Gasteiger partial charge in [0.1, 0.15) is 12.2 Å². The number of aromatic nitrogens is 3. The van der Waals surface area contributed by atoms with Crippen molar-refractivity contribution < 1.29 is 0 Å². The maximum atomic E-state index is 5.69. The minimum absolute atomic E-state index is 0.586. The van der Waals surface area contributed by atoms with Crippen LogP contribution in [0.25, 0.3) is 0 Å². The van der Waals surface area contributed by atoms with Crippen molar-refractivity contribution in [1.29, 1.82) is 0 Å². The molecule has 0 aliphatic heterocycles. The first-order chi connectivity index (χ1) is 6.74. The highest BCUT2D eigenvalue weighted by Crippen LogP contribution is 2.00. The van der Waals surface area contributed by atoms with Gasteiger partial charge in [0.2, 0.25) is 0 Å². The van der Waals surface area contributed by atoms with Gasteiger partial charge in [0.15, 0.2) is 0 Å². The molecule has 0 aromatic carbocycles. The number of nitrogens with one attached hydrogen (secondary N) is 1. The summed E-state index contributed by atoms with van der Waals surface area (Å²) in [6.07, 6.45) is 2.50. The van der Waals surface area contributed by atoms with Crippen LogP contribution >= 0.6 is 23.2 Å². The molecule has 1 rings (SSSR count). The summed E-state index contributed by atoms with van der Waals surface area (Å²) in [6, 6.07) is 0. The van der Waals surface area contributed by atoms with Crippen LogP contribution in [-0.4, -0.2) is 27.9 Å². The Bertz CT molecular complexity index is 308. The zero-order valence-corrected chi connectivity index (χ0v) is 9.39. The van der Waals surface area contributed by atoms with E-state index in [1.807, 2.05) is 11.6 Å². The molecule has 1 heterocycles. The van der Waals surface area contributed by atoms with Crippen molar-refractivity contribution >= 4 is 23.2 Å². The summed E-state index contributed by atoms with van der Waals surface area (Å²) in [5, 5.41) is 11.5. The smallest absolute Gasteiger partial charge is 0.133 e. The summed E-state index contributed by atoms with van der Waals surface area (Å²) >= 11 is 11.1. The minimum atomic E-state index is 0.586. The number of hydrogen-bond acceptors (Lipinski definition) is 3. The largest absolute Gasteiger partial charge is 0.321 e. The Morgan fingerprint density at radius 3 is 3.07 bits per heavy atom. The Hall–Kier alpha value is -0.580. The van der Waals surface area contributed by atoms with E-state index in [-0.39, 0.29) is 0 Å². The molecule has 6 heteroatoms. The molecule has 0 fully saturated rings. The summed E-state index contributed by atoms with van der Waals surface area (Å²) in [5.41, 5.74) is 1.36. The van der Waals surface area contributed by atoms with Crippen molar-refractivity contribution in [1.82, 2.24) is 20.1 Å². The third-order valence-electron chi connectivity index (χ3n) is 1.74. The highest BCUT2D eigenvalue weighted by atomic mass is 35.5. The lowest BCUT2D eigenvalue weighted by molar-refractivity contribution is 0.689. The molecule has 0 unspecified atom stereocenters. The summed E-state index contributed by atoms with van der Waals surface area (Å²) in [6.45, 7) is 1.39. The van der Waals surface area contributed by atoms with Gasteiger partial charge in [-0.2, -0.15) is 0 Å². The van der Waals surface area contributed by atoms with E-state index in [0.717, 1.165) is 18.8 Å². The second-order valence-corrected chi connectivity index (χ2v) is 3.54. The third-order valence-corrected chi connectivity index (χ3v) is 2.36. The number of aryl methyl sites for hydroxylation is 1. The highest BCUT2D eigenvalue weighted by molar-refractivity contribution is 6.36.